The summed E-state index contributed by atoms with van der Waals surface area (Å²) < 4.78 is 0. The summed E-state index contributed by atoms with van der Waals surface area (Å²) in [4.78, 5) is 11.4. The minimum absolute atomic E-state index is 0.411. The predicted octanol–water partition coefficient (Wildman–Crippen LogP) is 4.23. The number of fused-ring (bicyclic) bond motifs is 1. The van der Waals surface area contributed by atoms with E-state index in [2.05, 4.69) is 13.2 Å². The molecule has 1 unspecified atom stereocenters. The molecule has 0 fully saturated rings. The number of carbonyl (C=O) groups is 1. The lowest BCUT2D eigenvalue weighted by atomic mass is 9.88. The minimum Gasteiger partial charge on any atom is -0.481 e. The zero-order valence-corrected chi connectivity index (χ0v) is 10.7. The molecular weight excluding hydrogens is 236 g/mol. The summed E-state index contributed by atoms with van der Waals surface area (Å²) in [6.07, 6.45) is 3.78. The van der Waals surface area contributed by atoms with Gasteiger partial charge in [-0.25, -0.2) is 0 Å². The van der Waals surface area contributed by atoms with Crippen LogP contribution >= 0.6 is 0 Å². The van der Waals surface area contributed by atoms with Crippen LogP contribution in [0.15, 0.2) is 55.6 Å². The number of rotatable bonds is 5. The molecule has 0 saturated carbocycles. The van der Waals surface area contributed by atoms with Gasteiger partial charge >= 0.3 is 5.97 Å². The first kappa shape index (κ1) is 13.1. The van der Waals surface area contributed by atoms with Crippen molar-refractivity contribution in [3.63, 3.8) is 0 Å². The van der Waals surface area contributed by atoms with Crippen LogP contribution in [0, 0.1) is 0 Å². The molecular formula is C17H16O2. The van der Waals surface area contributed by atoms with Gasteiger partial charge in [0.05, 0.1) is 5.92 Å². The number of aliphatic carboxylic acids is 1. The lowest BCUT2D eigenvalue weighted by molar-refractivity contribution is -0.138. The fraction of sp³-hybridized carbons (Fsp3) is 0.118. The Balaban J connectivity index is 2.68. The Morgan fingerprint density at radius 3 is 2.58 bits per heavy atom. The van der Waals surface area contributed by atoms with Crippen LogP contribution in [0.5, 0.6) is 0 Å². The summed E-state index contributed by atoms with van der Waals surface area (Å²) in [6.45, 7) is 7.46. The summed E-state index contributed by atoms with van der Waals surface area (Å²) in [5.41, 5.74) is 1.69. The highest BCUT2D eigenvalue weighted by molar-refractivity contribution is 5.93. The molecule has 0 radical (unpaired) electrons. The van der Waals surface area contributed by atoms with Gasteiger partial charge in [0.1, 0.15) is 0 Å². The number of hydrogen-bond donors (Lipinski definition) is 1. The van der Waals surface area contributed by atoms with Gasteiger partial charge in [0.25, 0.3) is 0 Å². The Labute approximate surface area is 112 Å². The van der Waals surface area contributed by atoms with Crippen LogP contribution in [0.2, 0.25) is 0 Å². The third-order valence-electron chi connectivity index (χ3n) is 3.28. The van der Waals surface area contributed by atoms with E-state index < -0.39 is 11.9 Å². The first-order chi connectivity index (χ1) is 9.19. The van der Waals surface area contributed by atoms with E-state index in [-0.39, 0.29) is 0 Å². The molecule has 1 atom stereocenters. The third-order valence-corrected chi connectivity index (χ3v) is 3.28. The van der Waals surface area contributed by atoms with Gasteiger partial charge in [-0.2, -0.15) is 0 Å². The van der Waals surface area contributed by atoms with Crippen LogP contribution in [0.1, 0.15) is 23.5 Å². The average Bonchev–Trinajstić information content (AvgIpc) is 2.43. The molecule has 2 aromatic rings. The van der Waals surface area contributed by atoms with Crippen molar-refractivity contribution in [2.24, 2.45) is 0 Å². The first-order valence-electron chi connectivity index (χ1n) is 6.16. The van der Waals surface area contributed by atoms with Crippen molar-refractivity contribution in [1.29, 1.82) is 0 Å². The van der Waals surface area contributed by atoms with Gasteiger partial charge in [-0.1, -0.05) is 55.1 Å². The molecule has 19 heavy (non-hydrogen) atoms. The molecule has 0 bridgehead atoms. The normalized spacial score (nSPS) is 12.0. The molecule has 1 N–H and O–H groups in total. The Morgan fingerprint density at radius 1 is 1.21 bits per heavy atom. The van der Waals surface area contributed by atoms with Crippen molar-refractivity contribution >= 4 is 22.8 Å². The maximum absolute atomic E-state index is 11.4. The molecule has 0 spiro atoms. The fourth-order valence-corrected chi connectivity index (χ4v) is 2.37. The molecule has 0 saturated heterocycles. The maximum atomic E-state index is 11.4. The van der Waals surface area contributed by atoms with Crippen LogP contribution in [-0.4, -0.2) is 11.1 Å². The molecule has 2 nitrogen and oxygen atoms in total. The highest BCUT2D eigenvalue weighted by Gasteiger charge is 2.21. The molecule has 0 aliphatic rings. The zero-order chi connectivity index (χ0) is 13.8. The van der Waals surface area contributed by atoms with Crippen LogP contribution in [-0.2, 0) is 4.79 Å². The quantitative estimate of drug-likeness (QED) is 0.809. The molecule has 0 aromatic heterocycles. The van der Waals surface area contributed by atoms with Gasteiger partial charge in [-0.3, -0.25) is 4.79 Å². The standard InChI is InChI=1S/C17H16O2/c1-3-7-16(17(18)19)15-11-10-12-8-5-6-9-14(12)13(15)4-2/h3-6,8-11,16H,1-2,7H2,(H,18,19). The van der Waals surface area contributed by atoms with E-state index in [1.807, 2.05) is 36.4 Å². The fourth-order valence-electron chi connectivity index (χ4n) is 2.37. The second-order valence-electron chi connectivity index (χ2n) is 4.41. The van der Waals surface area contributed by atoms with Crippen LogP contribution in [0.3, 0.4) is 0 Å². The summed E-state index contributed by atoms with van der Waals surface area (Å²) in [6, 6.07) is 11.7. The number of allylic oxidation sites excluding steroid dienone is 1. The van der Waals surface area contributed by atoms with Crippen molar-refractivity contribution in [2.75, 3.05) is 0 Å². The third kappa shape index (κ3) is 2.43. The van der Waals surface area contributed by atoms with E-state index in [0.717, 1.165) is 21.9 Å². The second-order valence-corrected chi connectivity index (χ2v) is 4.41. The van der Waals surface area contributed by atoms with E-state index in [4.69, 9.17) is 0 Å². The van der Waals surface area contributed by atoms with Crippen molar-refractivity contribution in [3.05, 3.63) is 66.8 Å². The van der Waals surface area contributed by atoms with Gasteiger partial charge in [0, 0.05) is 0 Å². The lowest BCUT2D eigenvalue weighted by Gasteiger charge is -2.15. The Hall–Kier alpha value is -2.35. The topological polar surface area (TPSA) is 37.3 Å². The highest BCUT2D eigenvalue weighted by Crippen LogP contribution is 2.30. The summed E-state index contributed by atoms with van der Waals surface area (Å²) in [7, 11) is 0. The number of benzene rings is 2. The van der Waals surface area contributed by atoms with Crippen LogP contribution in [0.4, 0.5) is 0 Å². The number of carboxylic acids is 1. The smallest absolute Gasteiger partial charge is 0.311 e. The monoisotopic (exact) mass is 252 g/mol. The predicted molar refractivity (Wildman–Crippen MR) is 79.2 cm³/mol. The Bertz CT molecular complexity index is 641. The molecule has 2 aromatic carbocycles. The van der Waals surface area contributed by atoms with Gasteiger partial charge < -0.3 is 5.11 Å². The molecule has 2 rings (SSSR count). The molecule has 96 valence electrons. The van der Waals surface area contributed by atoms with E-state index in [9.17, 15) is 9.90 Å². The maximum Gasteiger partial charge on any atom is 0.311 e. The first-order valence-corrected chi connectivity index (χ1v) is 6.16. The summed E-state index contributed by atoms with van der Waals surface area (Å²) in [5.74, 6) is -1.41. The van der Waals surface area contributed by atoms with Crippen molar-refractivity contribution in [3.8, 4) is 0 Å². The number of carboxylic acid groups (broad SMARTS) is 1. The highest BCUT2D eigenvalue weighted by atomic mass is 16.4. The van der Waals surface area contributed by atoms with E-state index in [0.29, 0.717) is 6.42 Å². The molecule has 0 aliphatic carbocycles. The van der Waals surface area contributed by atoms with Crippen molar-refractivity contribution < 1.29 is 9.90 Å². The minimum atomic E-state index is -0.835. The zero-order valence-electron chi connectivity index (χ0n) is 10.7. The van der Waals surface area contributed by atoms with Gasteiger partial charge in [0.2, 0.25) is 0 Å². The van der Waals surface area contributed by atoms with E-state index in [1.54, 1.807) is 12.2 Å². The van der Waals surface area contributed by atoms with Crippen molar-refractivity contribution in [1.82, 2.24) is 0 Å². The number of hydrogen-bond acceptors (Lipinski definition) is 1. The Morgan fingerprint density at radius 2 is 1.95 bits per heavy atom. The molecule has 0 heterocycles. The second kappa shape index (κ2) is 5.53. The molecule has 0 aliphatic heterocycles. The van der Waals surface area contributed by atoms with Crippen LogP contribution in [0.25, 0.3) is 16.8 Å². The lowest BCUT2D eigenvalue weighted by Crippen LogP contribution is -2.12. The van der Waals surface area contributed by atoms with Gasteiger partial charge in [-0.05, 0) is 28.3 Å². The largest absolute Gasteiger partial charge is 0.481 e. The Kier molecular flexibility index (Phi) is 3.81. The van der Waals surface area contributed by atoms with E-state index in [1.165, 1.54) is 0 Å². The van der Waals surface area contributed by atoms with Gasteiger partial charge in [0.15, 0.2) is 0 Å². The van der Waals surface area contributed by atoms with E-state index >= 15 is 0 Å². The van der Waals surface area contributed by atoms with Crippen LogP contribution < -0.4 is 0 Å². The average molecular weight is 252 g/mol. The summed E-state index contributed by atoms with van der Waals surface area (Å²) >= 11 is 0. The van der Waals surface area contributed by atoms with Crippen molar-refractivity contribution in [2.45, 2.75) is 12.3 Å². The molecule has 2 heteroatoms. The summed E-state index contributed by atoms with van der Waals surface area (Å²) in [5, 5.41) is 11.5. The van der Waals surface area contributed by atoms with Gasteiger partial charge in [-0.15, -0.1) is 6.58 Å². The molecule has 0 amide bonds. The SMILES string of the molecule is C=CCC(C(=O)O)c1ccc2ccccc2c1C=C.